The van der Waals surface area contributed by atoms with Gasteiger partial charge in [0.25, 0.3) is 5.56 Å². The first kappa shape index (κ1) is 19.3. The lowest BCUT2D eigenvalue weighted by Crippen LogP contribution is -2.27. The van der Waals surface area contributed by atoms with Crippen LogP contribution in [0, 0.1) is 25.2 Å². The number of aromatic nitrogens is 1. The van der Waals surface area contributed by atoms with Crippen molar-refractivity contribution < 1.29 is 19.4 Å². The summed E-state index contributed by atoms with van der Waals surface area (Å²) in [7, 11) is 0. The molecular weight excluding hydrogens is 384 g/mol. The summed E-state index contributed by atoms with van der Waals surface area (Å²) in [6.07, 6.45) is 0. The minimum absolute atomic E-state index is 0.0373. The van der Waals surface area contributed by atoms with Crippen molar-refractivity contribution in [2.45, 2.75) is 20.4 Å². The molecule has 0 aliphatic carbocycles. The van der Waals surface area contributed by atoms with Gasteiger partial charge in [0.05, 0.1) is 12.1 Å². The van der Waals surface area contributed by atoms with E-state index in [4.69, 9.17) is 9.47 Å². The zero-order valence-corrected chi connectivity index (χ0v) is 16.4. The summed E-state index contributed by atoms with van der Waals surface area (Å²) in [4.78, 5) is 26.0. The number of aryl methyl sites for hydroxylation is 1. The topological polar surface area (TPSA) is 102 Å². The highest BCUT2D eigenvalue weighted by molar-refractivity contribution is 6.11. The second-order valence-electron chi connectivity index (χ2n) is 7.09. The predicted molar refractivity (Wildman–Crippen MR) is 108 cm³/mol. The molecule has 0 fully saturated rings. The van der Waals surface area contributed by atoms with Crippen LogP contribution >= 0.6 is 0 Å². The van der Waals surface area contributed by atoms with Crippen LogP contribution in [0.3, 0.4) is 0 Å². The number of nitrogens with zero attached hydrogens (tertiary/aromatic N) is 2. The Hall–Kier alpha value is -4.05. The lowest BCUT2D eigenvalue weighted by Gasteiger charge is -2.16. The average Bonchev–Trinajstić information content (AvgIpc) is 3.19. The monoisotopic (exact) mass is 402 g/mol. The summed E-state index contributed by atoms with van der Waals surface area (Å²) < 4.78 is 11.7. The van der Waals surface area contributed by atoms with Gasteiger partial charge in [0.15, 0.2) is 17.3 Å². The summed E-state index contributed by atoms with van der Waals surface area (Å²) in [5.74, 6) is 0.196. The molecule has 0 unspecified atom stereocenters. The van der Waals surface area contributed by atoms with Gasteiger partial charge in [-0.3, -0.25) is 14.2 Å². The highest BCUT2D eigenvalue weighted by Crippen LogP contribution is 2.33. The quantitative estimate of drug-likeness (QED) is 0.673. The molecule has 1 aliphatic rings. The Morgan fingerprint density at radius 2 is 1.93 bits per heavy atom. The first-order chi connectivity index (χ1) is 14.4. The third-order valence-electron chi connectivity index (χ3n) is 5.09. The molecule has 2 heterocycles. The van der Waals surface area contributed by atoms with Crippen LogP contribution in [-0.2, 0) is 6.54 Å². The summed E-state index contributed by atoms with van der Waals surface area (Å²) in [5.41, 5.74) is 1.16. The molecule has 150 valence electrons. The van der Waals surface area contributed by atoms with Crippen molar-refractivity contribution in [1.82, 2.24) is 4.57 Å². The normalized spacial score (nSPS) is 11.9. The number of benzene rings is 2. The third kappa shape index (κ3) is 3.18. The average molecular weight is 402 g/mol. The summed E-state index contributed by atoms with van der Waals surface area (Å²) >= 11 is 0. The van der Waals surface area contributed by atoms with Gasteiger partial charge in [-0.2, -0.15) is 5.26 Å². The van der Waals surface area contributed by atoms with E-state index in [2.05, 4.69) is 0 Å². The van der Waals surface area contributed by atoms with Gasteiger partial charge in [0.1, 0.15) is 11.6 Å². The lowest BCUT2D eigenvalue weighted by molar-refractivity contribution is 0.103. The van der Waals surface area contributed by atoms with Gasteiger partial charge in [0, 0.05) is 5.56 Å². The van der Waals surface area contributed by atoms with Gasteiger partial charge in [-0.25, -0.2) is 0 Å². The van der Waals surface area contributed by atoms with Crippen molar-refractivity contribution in [1.29, 1.82) is 5.26 Å². The molecule has 30 heavy (non-hydrogen) atoms. The summed E-state index contributed by atoms with van der Waals surface area (Å²) in [5, 5.41) is 20.4. The maximum Gasteiger partial charge on any atom is 0.271 e. The number of aromatic hydroxyl groups is 1. The maximum atomic E-state index is 13.2. The van der Waals surface area contributed by atoms with Crippen LogP contribution in [0.5, 0.6) is 17.4 Å². The molecule has 1 aromatic heterocycles. The second kappa shape index (κ2) is 7.41. The van der Waals surface area contributed by atoms with E-state index < -0.39 is 17.2 Å². The van der Waals surface area contributed by atoms with Crippen LogP contribution in [-0.4, -0.2) is 22.2 Å². The number of ketones is 1. The smallest absolute Gasteiger partial charge is 0.271 e. The van der Waals surface area contributed by atoms with Crippen LogP contribution in [0.15, 0.2) is 47.3 Å². The molecule has 0 spiro atoms. The Balaban J connectivity index is 1.85. The Morgan fingerprint density at radius 1 is 1.17 bits per heavy atom. The molecule has 0 amide bonds. The first-order valence-corrected chi connectivity index (χ1v) is 9.27. The Bertz CT molecular complexity index is 1280. The van der Waals surface area contributed by atoms with Crippen LogP contribution in [0.25, 0.3) is 0 Å². The van der Waals surface area contributed by atoms with E-state index in [1.165, 1.54) is 6.92 Å². The second-order valence-corrected chi connectivity index (χ2v) is 7.09. The number of nitriles is 1. The van der Waals surface area contributed by atoms with Crippen LogP contribution < -0.4 is 15.0 Å². The van der Waals surface area contributed by atoms with Crippen molar-refractivity contribution in [3.05, 3.63) is 86.2 Å². The predicted octanol–water partition coefficient (Wildman–Crippen LogP) is 3.05. The lowest BCUT2D eigenvalue weighted by atomic mass is 9.96. The molecule has 1 N–H and O–H groups in total. The maximum absolute atomic E-state index is 13.2. The number of hydrogen-bond donors (Lipinski definition) is 1. The van der Waals surface area contributed by atoms with E-state index in [1.54, 1.807) is 36.4 Å². The van der Waals surface area contributed by atoms with Gasteiger partial charge >= 0.3 is 0 Å². The number of hydrogen-bond acceptors (Lipinski definition) is 6. The van der Waals surface area contributed by atoms with E-state index in [-0.39, 0.29) is 30.0 Å². The Kier molecular flexibility index (Phi) is 4.76. The zero-order chi connectivity index (χ0) is 21.4. The van der Waals surface area contributed by atoms with Gasteiger partial charge in [0.2, 0.25) is 12.7 Å². The molecule has 0 radical (unpaired) electrons. The van der Waals surface area contributed by atoms with Crippen LogP contribution in [0.4, 0.5) is 0 Å². The largest absolute Gasteiger partial charge is 0.494 e. The molecule has 0 bridgehead atoms. The zero-order valence-electron chi connectivity index (χ0n) is 16.4. The van der Waals surface area contributed by atoms with Crippen LogP contribution in [0.1, 0.15) is 38.2 Å². The SMILES string of the molecule is Cc1cccc(C(=O)c2c(C)c(C#N)c(=O)n(Cc3ccc4c(c3)OCO4)c2O)c1. The Morgan fingerprint density at radius 3 is 2.67 bits per heavy atom. The van der Waals surface area contributed by atoms with E-state index in [0.717, 1.165) is 10.1 Å². The van der Waals surface area contributed by atoms with Gasteiger partial charge in [-0.15, -0.1) is 0 Å². The van der Waals surface area contributed by atoms with Gasteiger partial charge in [-0.05, 0) is 43.2 Å². The molecule has 0 saturated heterocycles. The van der Waals surface area contributed by atoms with Crippen molar-refractivity contribution in [3.63, 3.8) is 0 Å². The molecule has 7 heteroatoms. The molecular formula is C23H18N2O5. The number of carbonyl (C=O) groups excluding carboxylic acids is 1. The fourth-order valence-corrected chi connectivity index (χ4v) is 3.52. The number of rotatable bonds is 4. The highest BCUT2D eigenvalue weighted by atomic mass is 16.7. The number of pyridine rings is 1. The minimum atomic E-state index is -0.661. The number of fused-ring (bicyclic) bond motifs is 1. The van der Waals surface area contributed by atoms with E-state index in [9.17, 15) is 20.0 Å². The number of carbonyl (C=O) groups is 1. The van der Waals surface area contributed by atoms with E-state index >= 15 is 0 Å². The fourth-order valence-electron chi connectivity index (χ4n) is 3.52. The van der Waals surface area contributed by atoms with E-state index in [0.29, 0.717) is 22.6 Å². The molecule has 3 aromatic rings. The first-order valence-electron chi connectivity index (χ1n) is 9.27. The minimum Gasteiger partial charge on any atom is -0.494 e. The Labute approximate surface area is 172 Å². The third-order valence-corrected chi connectivity index (χ3v) is 5.09. The van der Waals surface area contributed by atoms with Gasteiger partial charge in [-0.1, -0.05) is 29.8 Å². The summed E-state index contributed by atoms with van der Waals surface area (Å²) in [6.45, 7) is 3.42. The standard InChI is InChI=1S/C23H18N2O5/c1-13-4-3-5-16(8-13)21(26)20-14(2)17(10-24)22(27)25(23(20)28)11-15-6-7-18-19(9-15)30-12-29-18/h3-9,28H,11-12H2,1-2H3. The highest BCUT2D eigenvalue weighted by Gasteiger charge is 2.25. The van der Waals surface area contributed by atoms with Gasteiger partial charge < -0.3 is 14.6 Å². The molecule has 0 saturated carbocycles. The fraction of sp³-hybridized carbons (Fsp3) is 0.174. The van der Waals surface area contributed by atoms with Crippen molar-refractivity contribution >= 4 is 5.78 Å². The summed E-state index contributed by atoms with van der Waals surface area (Å²) in [6, 6.07) is 13.9. The molecule has 0 atom stereocenters. The molecule has 2 aromatic carbocycles. The van der Waals surface area contributed by atoms with Crippen LogP contribution in [0.2, 0.25) is 0 Å². The van der Waals surface area contributed by atoms with Crippen molar-refractivity contribution in [2.75, 3.05) is 6.79 Å². The molecule has 7 nitrogen and oxygen atoms in total. The molecule has 1 aliphatic heterocycles. The van der Waals surface area contributed by atoms with Crippen molar-refractivity contribution in [3.8, 4) is 23.4 Å². The van der Waals surface area contributed by atoms with E-state index in [1.807, 2.05) is 19.1 Å². The number of ether oxygens (including phenoxy) is 2. The van der Waals surface area contributed by atoms with Crippen molar-refractivity contribution in [2.24, 2.45) is 0 Å². The molecule has 4 rings (SSSR count).